The van der Waals surface area contributed by atoms with Crippen molar-refractivity contribution in [2.24, 2.45) is 0 Å². The van der Waals surface area contributed by atoms with Crippen LogP contribution in [0.25, 0.3) is 5.76 Å². The van der Waals surface area contributed by atoms with Gasteiger partial charge >= 0.3 is 0 Å². The maximum Gasteiger partial charge on any atom is 0.300 e. The average molecular weight is 442 g/mol. The van der Waals surface area contributed by atoms with Gasteiger partial charge in [0.25, 0.3) is 11.7 Å². The molecule has 0 aliphatic carbocycles. The Morgan fingerprint density at radius 3 is 2.30 bits per heavy atom. The fourth-order valence-corrected chi connectivity index (χ4v) is 4.12. The molecule has 0 spiro atoms. The Hall–Kier alpha value is -3.86. The lowest BCUT2D eigenvalue weighted by Gasteiger charge is -2.25. The van der Waals surface area contributed by atoms with Gasteiger partial charge in [0.2, 0.25) is 0 Å². The van der Waals surface area contributed by atoms with Crippen LogP contribution < -0.4 is 9.64 Å². The Kier molecular flexibility index (Phi) is 6.31. The van der Waals surface area contributed by atoms with Crippen LogP contribution in [0.2, 0.25) is 0 Å². The molecule has 1 aliphatic heterocycles. The van der Waals surface area contributed by atoms with Crippen LogP contribution >= 0.6 is 0 Å². The highest BCUT2D eigenvalue weighted by atomic mass is 16.5. The van der Waals surface area contributed by atoms with Crippen molar-refractivity contribution < 1.29 is 19.4 Å². The number of rotatable bonds is 6. The second kappa shape index (κ2) is 9.33. The largest absolute Gasteiger partial charge is 0.507 e. The van der Waals surface area contributed by atoms with Crippen molar-refractivity contribution in [2.45, 2.75) is 32.7 Å². The lowest BCUT2D eigenvalue weighted by Crippen LogP contribution is -2.29. The van der Waals surface area contributed by atoms with E-state index in [2.05, 4.69) is 13.8 Å². The van der Waals surface area contributed by atoms with E-state index in [1.165, 1.54) is 4.90 Å². The molecular weight excluding hydrogens is 414 g/mol. The first-order valence-corrected chi connectivity index (χ1v) is 11.1. The molecule has 0 radical (unpaired) electrons. The molecule has 0 aromatic heterocycles. The normalized spacial score (nSPS) is 17.6. The van der Waals surface area contributed by atoms with Gasteiger partial charge in [-0.25, -0.2) is 0 Å². The Morgan fingerprint density at radius 2 is 1.67 bits per heavy atom. The zero-order valence-corrected chi connectivity index (χ0v) is 19.0. The second-order valence-electron chi connectivity index (χ2n) is 8.29. The molecule has 1 unspecified atom stereocenters. The van der Waals surface area contributed by atoms with Crippen LogP contribution in [-0.2, 0) is 9.59 Å². The zero-order valence-electron chi connectivity index (χ0n) is 19.0. The fourth-order valence-electron chi connectivity index (χ4n) is 4.12. The number of benzene rings is 3. The lowest BCUT2D eigenvalue weighted by molar-refractivity contribution is -0.132. The van der Waals surface area contributed by atoms with E-state index in [1.54, 1.807) is 24.3 Å². The van der Waals surface area contributed by atoms with Crippen LogP contribution in [0.15, 0.2) is 84.4 Å². The molecule has 3 aromatic rings. The lowest BCUT2D eigenvalue weighted by atomic mass is 9.95. The van der Waals surface area contributed by atoms with E-state index in [-0.39, 0.29) is 11.3 Å². The Balaban J connectivity index is 1.88. The summed E-state index contributed by atoms with van der Waals surface area (Å²) in [5, 5.41) is 11.2. The third-order valence-electron chi connectivity index (χ3n) is 5.82. The molecule has 1 N–H and O–H groups in total. The molecule has 5 heteroatoms. The van der Waals surface area contributed by atoms with Gasteiger partial charge in [-0.1, -0.05) is 68.4 Å². The number of nitrogens with zero attached hydrogens (tertiary/aromatic N) is 1. The third kappa shape index (κ3) is 4.27. The minimum absolute atomic E-state index is 0.0628. The van der Waals surface area contributed by atoms with Crippen LogP contribution in [0.5, 0.6) is 5.75 Å². The Bertz CT molecular complexity index is 1200. The molecule has 1 atom stereocenters. The van der Waals surface area contributed by atoms with Crippen molar-refractivity contribution in [1.29, 1.82) is 0 Å². The quantitative estimate of drug-likeness (QED) is 0.297. The van der Waals surface area contributed by atoms with Gasteiger partial charge in [-0.15, -0.1) is 0 Å². The summed E-state index contributed by atoms with van der Waals surface area (Å²) in [7, 11) is 0. The zero-order chi connectivity index (χ0) is 23.5. The molecule has 1 heterocycles. The number of aliphatic hydroxyl groups is 1. The molecular formula is C28H27NO4. The first-order chi connectivity index (χ1) is 15.9. The Labute approximate surface area is 193 Å². The topological polar surface area (TPSA) is 66.8 Å². The van der Waals surface area contributed by atoms with Gasteiger partial charge in [0, 0.05) is 11.3 Å². The molecule has 33 heavy (non-hydrogen) atoms. The van der Waals surface area contributed by atoms with Crippen molar-refractivity contribution in [3.63, 3.8) is 0 Å². The van der Waals surface area contributed by atoms with Crippen molar-refractivity contribution in [1.82, 2.24) is 0 Å². The summed E-state index contributed by atoms with van der Waals surface area (Å²) in [6, 6.07) is 23.1. The SMILES string of the molecule is CCOc1cccc(/C(O)=C2/C(=O)C(=O)N(c3ccc(C(C)C)cc3)C2c2ccccc2)c1. The van der Waals surface area contributed by atoms with Crippen molar-refractivity contribution >= 4 is 23.1 Å². The molecule has 1 fully saturated rings. The summed E-state index contributed by atoms with van der Waals surface area (Å²) in [4.78, 5) is 27.9. The first-order valence-electron chi connectivity index (χ1n) is 11.1. The van der Waals surface area contributed by atoms with Gasteiger partial charge in [-0.3, -0.25) is 14.5 Å². The number of carbonyl (C=O) groups is 2. The van der Waals surface area contributed by atoms with E-state index in [9.17, 15) is 14.7 Å². The van der Waals surface area contributed by atoms with Gasteiger partial charge in [-0.2, -0.15) is 0 Å². The minimum Gasteiger partial charge on any atom is -0.507 e. The maximum absolute atomic E-state index is 13.2. The van der Waals surface area contributed by atoms with Gasteiger partial charge < -0.3 is 9.84 Å². The summed E-state index contributed by atoms with van der Waals surface area (Å²) in [6.07, 6.45) is 0. The second-order valence-corrected chi connectivity index (χ2v) is 8.29. The molecule has 1 aliphatic rings. The van der Waals surface area contributed by atoms with Crippen molar-refractivity contribution in [3.8, 4) is 5.75 Å². The van der Waals surface area contributed by atoms with E-state index in [1.807, 2.05) is 61.5 Å². The van der Waals surface area contributed by atoms with Crippen molar-refractivity contribution in [2.75, 3.05) is 11.5 Å². The van der Waals surface area contributed by atoms with E-state index >= 15 is 0 Å². The van der Waals surface area contributed by atoms with Crippen LogP contribution in [-0.4, -0.2) is 23.4 Å². The Morgan fingerprint density at radius 1 is 0.970 bits per heavy atom. The van der Waals surface area contributed by atoms with E-state index in [0.717, 1.165) is 11.1 Å². The van der Waals surface area contributed by atoms with Crippen LogP contribution in [0, 0.1) is 0 Å². The predicted molar refractivity (Wildman–Crippen MR) is 129 cm³/mol. The summed E-state index contributed by atoms with van der Waals surface area (Å²) in [6.45, 7) is 6.55. The number of Topliss-reactive ketones (excluding diaryl/α,β-unsaturated/α-hetero) is 1. The number of anilines is 1. The molecule has 3 aromatic carbocycles. The third-order valence-corrected chi connectivity index (χ3v) is 5.82. The average Bonchev–Trinajstić information content (AvgIpc) is 3.10. The monoisotopic (exact) mass is 441 g/mol. The summed E-state index contributed by atoms with van der Waals surface area (Å²) in [5.74, 6) is -0.668. The minimum atomic E-state index is -0.744. The number of ether oxygens (including phenoxy) is 1. The molecule has 0 bridgehead atoms. The van der Waals surface area contributed by atoms with Crippen LogP contribution in [0.1, 0.15) is 49.4 Å². The van der Waals surface area contributed by atoms with Gasteiger partial charge in [-0.05, 0) is 48.2 Å². The van der Waals surface area contributed by atoms with E-state index < -0.39 is 17.7 Å². The molecule has 1 saturated heterocycles. The van der Waals surface area contributed by atoms with Gasteiger partial charge in [0.1, 0.15) is 11.5 Å². The molecule has 5 nitrogen and oxygen atoms in total. The number of hydrogen-bond donors (Lipinski definition) is 1. The summed E-state index contributed by atoms with van der Waals surface area (Å²) < 4.78 is 5.54. The highest BCUT2D eigenvalue weighted by Gasteiger charge is 2.46. The molecule has 4 rings (SSSR count). The summed E-state index contributed by atoms with van der Waals surface area (Å²) >= 11 is 0. The number of aliphatic hydroxyl groups excluding tert-OH is 1. The first kappa shape index (κ1) is 22.3. The fraction of sp³-hybridized carbons (Fsp3) is 0.214. The summed E-state index contributed by atoms with van der Waals surface area (Å²) in [5.41, 5.74) is 2.98. The standard InChI is InChI=1S/C28H27NO4/c1-4-33-23-12-8-11-21(17-23)26(30)24-25(20-9-6-5-7-10-20)29(28(32)27(24)31)22-15-13-19(14-16-22)18(2)3/h5-18,25,30H,4H2,1-3H3/b26-24-. The van der Waals surface area contributed by atoms with E-state index in [0.29, 0.717) is 29.5 Å². The van der Waals surface area contributed by atoms with Crippen LogP contribution in [0.4, 0.5) is 5.69 Å². The molecule has 0 saturated carbocycles. The molecule has 1 amide bonds. The number of ketones is 1. The molecule has 168 valence electrons. The highest BCUT2D eigenvalue weighted by molar-refractivity contribution is 6.51. The highest BCUT2D eigenvalue weighted by Crippen LogP contribution is 2.42. The smallest absolute Gasteiger partial charge is 0.300 e. The van der Waals surface area contributed by atoms with Gasteiger partial charge in [0.15, 0.2) is 0 Å². The van der Waals surface area contributed by atoms with E-state index in [4.69, 9.17) is 4.74 Å². The maximum atomic E-state index is 13.2. The van der Waals surface area contributed by atoms with Crippen molar-refractivity contribution in [3.05, 3.63) is 101 Å². The van der Waals surface area contributed by atoms with Gasteiger partial charge in [0.05, 0.1) is 18.2 Å². The predicted octanol–water partition coefficient (Wildman–Crippen LogP) is 5.84. The van der Waals surface area contributed by atoms with Crippen LogP contribution in [0.3, 0.4) is 0 Å². The number of carbonyl (C=O) groups excluding carboxylic acids is 2. The number of hydrogen-bond acceptors (Lipinski definition) is 4. The number of amides is 1.